The summed E-state index contributed by atoms with van der Waals surface area (Å²) in [6.45, 7) is 8.71. The van der Waals surface area contributed by atoms with Crippen LogP contribution < -0.4 is 5.32 Å². The number of likely N-dealkylation sites (tertiary alicyclic amines) is 1. The van der Waals surface area contributed by atoms with Crippen molar-refractivity contribution in [2.24, 2.45) is 7.05 Å². The van der Waals surface area contributed by atoms with Gasteiger partial charge in [-0.2, -0.15) is 0 Å². The van der Waals surface area contributed by atoms with E-state index in [1.54, 1.807) is 6.20 Å². The maximum atomic E-state index is 12.2. The van der Waals surface area contributed by atoms with E-state index in [0.29, 0.717) is 12.5 Å². The third kappa shape index (κ3) is 3.60. The summed E-state index contributed by atoms with van der Waals surface area (Å²) in [6, 6.07) is 0.586. The van der Waals surface area contributed by atoms with Crippen molar-refractivity contribution in [2.45, 2.75) is 51.6 Å². The highest BCUT2D eigenvalue weighted by Gasteiger charge is 2.32. The lowest BCUT2D eigenvalue weighted by molar-refractivity contribution is -0.123. The molecule has 0 aromatic carbocycles. The zero-order valence-electron chi connectivity index (χ0n) is 13.0. The molecular weight excluding hydrogens is 252 g/mol. The predicted octanol–water partition coefficient (Wildman–Crippen LogP) is 1.34. The van der Waals surface area contributed by atoms with Gasteiger partial charge in [0.15, 0.2) is 0 Å². The summed E-state index contributed by atoms with van der Waals surface area (Å²) in [6.07, 6.45) is 5.97. The van der Waals surface area contributed by atoms with E-state index in [2.05, 4.69) is 36.0 Å². The van der Waals surface area contributed by atoms with Crippen LogP contribution in [0, 0.1) is 0 Å². The van der Waals surface area contributed by atoms with Crippen LogP contribution in [-0.2, 0) is 18.3 Å². The standard InChI is InChI=1S/C15H26N4O/c1-12(2)19-8-5-15(3,6-9-19)17-14(20)11-13-16-7-10-18(13)4/h7,10,12H,5-6,8-9,11H2,1-4H3,(H,17,20). The van der Waals surface area contributed by atoms with Gasteiger partial charge in [-0.05, 0) is 33.6 Å². The number of aromatic nitrogens is 2. The minimum atomic E-state index is -0.0758. The average molecular weight is 278 g/mol. The Kier molecular flexibility index (Phi) is 4.48. The molecule has 0 aliphatic carbocycles. The fourth-order valence-corrected chi connectivity index (χ4v) is 2.75. The second-order valence-electron chi connectivity index (χ2n) is 6.37. The van der Waals surface area contributed by atoms with Gasteiger partial charge < -0.3 is 14.8 Å². The van der Waals surface area contributed by atoms with E-state index >= 15 is 0 Å². The first-order valence-electron chi connectivity index (χ1n) is 7.41. The zero-order valence-corrected chi connectivity index (χ0v) is 13.0. The van der Waals surface area contributed by atoms with E-state index in [1.807, 2.05) is 17.8 Å². The first-order chi connectivity index (χ1) is 9.39. The van der Waals surface area contributed by atoms with Gasteiger partial charge in [-0.15, -0.1) is 0 Å². The Hall–Kier alpha value is -1.36. The van der Waals surface area contributed by atoms with E-state index in [9.17, 15) is 4.79 Å². The topological polar surface area (TPSA) is 50.2 Å². The third-order valence-corrected chi connectivity index (χ3v) is 4.31. The van der Waals surface area contributed by atoms with Crippen LogP contribution in [0.2, 0.25) is 0 Å². The predicted molar refractivity (Wildman–Crippen MR) is 79.4 cm³/mol. The van der Waals surface area contributed by atoms with Crippen LogP contribution in [-0.4, -0.2) is 45.0 Å². The number of nitrogens with one attached hydrogen (secondary N) is 1. The van der Waals surface area contributed by atoms with Crippen molar-refractivity contribution in [3.8, 4) is 0 Å². The minimum Gasteiger partial charge on any atom is -0.350 e. The number of hydrogen-bond donors (Lipinski definition) is 1. The molecule has 20 heavy (non-hydrogen) atoms. The molecule has 1 aliphatic heterocycles. The molecule has 0 bridgehead atoms. The molecule has 1 aromatic heterocycles. The lowest BCUT2D eigenvalue weighted by atomic mass is 9.89. The molecule has 112 valence electrons. The van der Waals surface area contributed by atoms with Crippen molar-refractivity contribution in [3.05, 3.63) is 18.2 Å². The lowest BCUT2D eigenvalue weighted by Gasteiger charge is -2.41. The van der Waals surface area contributed by atoms with Crippen molar-refractivity contribution < 1.29 is 4.79 Å². The van der Waals surface area contributed by atoms with Gasteiger partial charge in [0.1, 0.15) is 5.82 Å². The number of hydrogen-bond acceptors (Lipinski definition) is 3. The maximum Gasteiger partial charge on any atom is 0.228 e. The molecule has 1 amide bonds. The van der Waals surface area contributed by atoms with Crippen LogP contribution in [0.4, 0.5) is 0 Å². The second kappa shape index (κ2) is 5.95. The van der Waals surface area contributed by atoms with Crippen LogP contribution in [0.3, 0.4) is 0 Å². The van der Waals surface area contributed by atoms with E-state index in [0.717, 1.165) is 31.8 Å². The summed E-state index contributed by atoms with van der Waals surface area (Å²) >= 11 is 0. The Morgan fingerprint density at radius 2 is 2.10 bits per heavy atom. The van der Waals surface area contributed by atoms with Gasteiger partial charge >= 0.3 is 0 Å². The summed E-state index contributed by atoms with van der Waals surface area (Å²) in [5.74, 6) is 0.880. The van der Waals surface area contributed by atoms with Crippen molar-refractivity contribution in [1.29, 1.82) is 0 Å². The van der Waals surface area contributed by atoms with E-state index in [-0.39, 0.29) is 11.4 Å². The summed E-state index contributed by atoms with van der Waals surface area (Å²) in [5.41, 5.74) is -0.0758. The molecule has 1 saturated heterocycles. The highest BCUT2D eigenvalue weighted by molar-refractivity contribution is 5.78. The van der Waals surface area contributed by atoms with Gasteiger partial charge in [-0.3, -0.25) is 4.79 Å². The number of amides is 1. The van der Waals surface area contributed by atoms with Gasteiger partial charge in [0, 0.05) is 44.1 Å². The molecule has 1 aromatic rings. The quantitative estimate of drug-likeness (QED) is 0.904. The number of carbonyl (C=O) groups excluding carboxylic acids is 1. The van der Waals surface area contributed by atoms with Gasteiger partial charge in [0.25, 0.3) is 0 Å². The molecule has 5 nitrogen and oxygen atoms in total. The molecule has 5 heteroatoms. The highest BCUT2D eigenvalue weighted by Crippen LogP contribution is 2.23. The van der Waals surface area contributed by atoms with Crippen LogP contribution >= 0.6 is 0 Å². The Morgan fingerprint density at radius 3 is 2.60 bits per heavy atom. The number of imidazole rings is 1. The van der Waals surface area contributed by atoms with Crippen LogP contribution in [0.15, 0.2) is 12.4 Å². The Morgan fingerprint density at radius 1 is 1.45 bits per heavy atom. The highest BCUT2D eigenvalue weighted by atomic mass is 16.1. The molecule has 0 spiro atoms. The average Bonchev–Trinajstić information content (AvgIpc) is 2.74. The van der Waals surface area contributed by atoms with Gasteiger partial charge in [-0.25, -0.2) is 4.98 Å². The molecule has 0 atom stereocenters. The number of nitrogens with zero attached hydrogens (tertiary/aromatic N) is 3. The normalized spacial score (nSPS) is 19.2. The summed E-state index contributed by atoms with van der Waals surface area (Å²) in [7, 11) is 1.92. The van der Waals surface area contributed by atoms with E-state index in [1.165, 1.54) is 0 Å². The fraction of sp³-hybridized carbons (Fsp3) is 0.733. The summed E-state index contributed by atoms with van der Waals surface area (Å²) < 4.78 is 1.89. The molecule has 2 heterocycles. The molecule has 0 saturated carbocycles. The molecule has 2 rings (SSSR count). The molecular formula is C15H26N4O. The number of aryl methyl sites for hydroxylation is 1. The summed E-state index contributed by atoms with van der Waals surface area (Å²) in [4.78, 5) is 18.8. The minimum absolute atomic E-state index is 0.0693. The third-order valence-electron chi connectivity index (χ3n) is 4.31. The van der Waals surface area contributed by atoms with Crippen molar-refractivity contribution in [2.75, 3.05) is 13.1 Å². The lowest BCUT2D eigenvalue weighted by Crippen LogP contribution is -2.54. The molecule has 1 fully saturated rings. The van der Waals surface area contributed by atoms with Crippen LogP contribution in [0.5, 0.6) is 0 Å². The fourth-order valence-electron chi connectivity index (χ4n) is 2.75. The van der Waals surface area contributed by atoms with Crippen molar-refractivity contribution in [3.63, 3.8) is 0 Å². The van der Waals surface area contributed by atoms with Crippen LogP contribution in [0.1, 0.15) is 39.4 Å². The molecule has 0 unspecified atom stereocenters. The van der Waals surface area contributed by atoms with Crippen molar-refractivity contribution in [1.82, 2.24) is 19.8 Å². The molecule has 1 N–H and O–H groups in total. The first kappa shape index (κ1) is 15.0. The Labute approximate surface area is 121 Å². The second-order valence-corrected chi connectivity index (χ2v) is 6.37. The Bertz CT molecular complexity index is 458. The van der Waals surface area contributed by atoms with E-state index < -0.39 is 0 Å². The SMILES string of the molecule is CC(C)N1CCC(C)(NC(=O)Cc2nccn2C)CC1. The van der Waals surface area contributed by atoms with Gasteiger partial charge in [-0.1, -0.05) is 0 Å². The Balaban J connectivity index is 1.87. The number of piperidine rings is 1. The van der Waals surface area contributed by atoms with Crippen molar-refractivity contribution >= 4 is 5.91 Å². The number of carbonyl (C=O) groups is 1. The van der Waals surface area contributed by atoms with Gasteiger partial charge in [0.2, 0.25) is 5.91 Å². The first-order valence-corrected chi connectivity index (χ1v) is 7.41. The molecule has 0 radical (unpaired) electrons. The smallest absolute Gasteiger partial charge is 0.228 e. The monoisotopic (exact) mass is 278 g/mol. The summed E-state index contributed by atoms with van der Waals surface area (Å²) in [5, 5.41) is 3.20. The maximum absolute atomic E-state index is 12.2. The van der Waals surface area contributed by atoms with Crippen LogP contribution in [0.25, 0.3) is 0 Å². The van der Waals surface area contributed by atoms with Gasteiger partial charge in [0.05, 0.1) is 6.42 Å². The molecule has 1 aliphatic rings. The van der Waals surface area contributed by atoms with E-state index in [4.69, 9.17) is 0 Å². The largest absolute Gasteiger partial charge is 0.350 e. The zero-order chi connectivity index (χ0) is 14.8. The number of rotatable bonds is 4.